The van der Waals surface area contributed by atoms with Crippen molar-refractivity contribution in [1.29, 1.82) is 0 Å². The maximum absolute atomic E-state index is 10.2. The van der Waals surface area contributed by atoms with Gasteiger partial charge in [-0.3, -0.25) is 0 Å². The Hall–Kier alpha value is -1.55. The van der Waals surface area contributed by atoms with Crippen LogP contribution in [0.4, 0.5) is 4.79 Å². The number of primary amides is 1. The molecule has 0 aromatic heterocycles. The number of rotatable bonds is 5. The Morgan fingerprint density at radius 1 is 1.21 bits per heavy atom. The average Bonchev–Trinajstić information content (AvgIpc) is 2.18. The molecule has 1 rings (SSSR count). The molecule has 4 nitrogen and oxygen atoms in total. The molecule has 0 aliphatic carbocycles. The lowest BCUT2D eigenvalue weighted by molar-refractivity contribution is 0.0681. The number of nitrogens with two attached hydrogens (primary N) is 1. The second kappa shape index (κ2) is 5.99. The monoisotopic (exact) mass is 195 g/mol. The Morgan fingerprint density at radius 2 is 1.93 bits per heavy atom. The van der Waals surface area contributed by atoms with E-state index in [1.807, 2.05) is 30.3 Å². The fraction of sp³-hybridized carbons (Fsp3) is 0.300. The minimum Gasteiger partial charge on any atom is -0.447 e. The van der Waals surface area contributed by atoms with Crippen molar-refractivity contribution in [2.45, 2.75) is 6.61 Å². The van der Waals surface area contributed by atoms with Gasteiger partial charge in [-0.25, -0.2) is 4.79 Å². The highest BCUT2D eigenvalue weighted by atomic mass is 16.6. The maximum Gasteiger partial charge on any atom is 0.404 e. The number of hydrogen-bond donors (Lipinski definition) is 1. The largest absolute Gasteiger partial charge is 0.447 e. The molecule has 0 saturated carbocycles. The van der Waals surface area contributed by atoms with Gasteiger partial charge in [-0.2, -0.15) is 0 Å². The first-order valence-corrected chi connectivity index (χ1v) is 4.33. The molecule has 0 unspecified atom stereocenters. The van der Waals surface area contributed by atoms with Gasteiger partial charge >= 0.3 is 6.09 Å². The Bertz CT molecular complexity index is 274. The summed E-state index contributed by atoms with van der Waals surface area (Å²) in [6.45, 7) is 1.07. The molecule has 0 saturated heterocycles. The van der Waals surface area contributed by atoms with Crippen LogP contribution in [0.2, 0.25) is 0 Å². The van der Waals surface area contributed by atoms with Crippen molar-refractivity contribution in [3.8, 4) is 0 Å². The maximum atomic E-state index is 10.2. The van der Waals surface area contributed by atoms with Crippen molar-refractivity contribution < 1.29 is 14.3 Å². The Balaban J connectivity index is 2.08. The summed E-state index contributed by atoms with van der Waals surface area (Å²) in [6.07, 6.45) is -0.770. The fourth-order valence-electron chi connectivity index (χ4n) is 0.965. The van der Waals surface area contributed by atoms with E-state index in [1.54, 1.807) is 0 Å². The van der Waals surface area contributed by atoms with Crippen molar-refractivity contribution in [2.75, 3.05) is 13.2 Å². The number of carbonyl (C=O) groups excluding carboxylic acids is 1. The molecule has 4 heteroatoms. The van der Waals surface area contributed by atoms with Gasteiger partial charge in [0.1, 0.15) is 6.61 Å². The van der Waals surface area contributed by atoms with Crippen molar-refractivity contribution in [3.63, 3.8) is 0 Å². The minimum absolute atomic E-state index is 0.197. The normalized spacial score (nSPS) is 9.71. The highest BCUT2D eigenvalue weighted by Crippen LogP contribution is 1.99. The number of carbonyl (C=O) groups is 1. The Kier molecular flexibility index (Phi) is 4.50. The molecule has 0 bridgehead atoms. The summed E-state index contributed by atoms with van der Waals surface area (Å²) in [5.41, 5.74) is 5.86. The number of amides is 1. The predicted molar refractivity (Wildman–Crippen MR) is 51.6 cm³/mol. The van der Waals surface area contributed by atoms with Gasteiger partial charge in [0.25, 0.3) is 0 Å². The molecule has 1 amide bonds. The second-order valence-corrected chi connectivity index (χ2v) is 2.71. The van der Waals surface area contributed by atoms with Gasteiger partial charge in [0.15, 0.2) is 0 Å². The van der Waals surface area contributed by atoms with Crippen LogP contribution >= 0.6 is 0 Å². The van der Waals surface area contributed by atoms with Crippen LogP contribution in [0.25, 0.3) is 0 Å². The summed E-state index contributed by atoms with van der Waals surface area (Å²) in [4.78, 5) is 10.2. The summed E-state index contributed by atoms with van der Waals surface area (Å²) in [7, 11) is 0. The van der Waals surface area contributed by atoms with Gasteiger partial charge in [0.2, 0.25) is 0 Å². The molecule has 0 atom stereocenters. The number of hydrogen-bond acceptors (Lipinski definition) is 3. The van der Waals surface area contributed by atoms with E-state index in [0.29, 0.717) is 13.2 Å². The summed E-state index contributed by atoms with van der Waals surface area (Å²) in [5, 5.41) is 0. The summed E-state index contributed by atoms with van der Waals surface area (Å²) in [5.74, 6) is 0. The zero-order valence-electron chi connectivity index (χ0n) is 7.81. The lowest BCUT2D eigenvalue weighted by atomic mass is 10.2. The molecule has 0 heterocycles. The predicted octanol–water partition coefficient (Wildman–Crippen LogP) is 1.30. The molecular formula is C10H13NO3. The first-order valence-electron chi connectivity index (χ1n) is 4.33. The molecule has 0 spiro atoms. The van der Waals surface area contributed by atoms with Gasteiger partial charge in [0, 0.05) is 0 Å². The van der Waals surface area contributed by atoms with Crippen molar-refractivity contribution >= 4 is 6.09 Å². The van der Waals surface area contributed by atoms with E-state index in [1.165, 1.54) is 0 Å². The number of ether oxygens (including phenoxy) is 2. The lowest BCUT2D eigenvalue weighted by Gasteiger charge is -2.03. The average molecular weight is 195 g/mol. The lowest BCUT2D eigenvalue weighted by Crippen LogP contribution is -2.16. The second-order valence-electron chi connectivity index (χ2n) is 2.71. The molecule has 1 aromatic rings. The van der Waals surface area contributed by atoms with Gasteiger partial charge in [-0.15, -0.1) is 0 Å². The van der Waals surface area contributed by atoms with Crippen LogP contribution in [0.15, 0.2) is 30.3 Å². The third-order valence-corrected chi connectivity index (χ3v) is 1.58. The van der Waals surface area contributed by atoms with Crippen molar-refractivity contribution in [2.24, 2.45) is 5.73 Å². The van der Waals surface area contributed by atoms with E-state index in [4.69, 9.17) is 10.5 Å². The van der Waals surface area contributed by atoms with Crippen LogP contribution in [0.1, 0.15) is 5.56 Å². The smallest absolute Gasteiger partial charge is 0.404 e. The summed E-state index contributed by atoms with van der Waals surface area (Å²) >= 11 is 0. The molecule has 76 valence electrons. The molecule has 0 fully saturated rings. The first kappa shape index (κ1) is 10.5. The van der Waals surface area contributed by atoms with Crippen LogP contribution in [-0.4, -0.2) is 19.3 Å². The van der Waals surface area contributed by atoms with E-state index in [-0.39, 0.29) is 6.61 Å². The molecule has 2 N–H and O–H groups in total. The van der Waals surface area contributed by atoms with E-state index in [9.17, 15) is 4.79 Å². The van der Waals surface area contributed by atoms with E-state index in [0.717, 1.165) is 5.56 Å². The van der Waals surface area contributed by atoms with Crippen molar-refractivity contribution in [3.05, 3.63) is 35.9 Å². The highest BCUT2D eigenvalue weighted by Gasteiger charge is 1.94. The number of benzene rings is 1. The van der Waals surface area contributed by atoms with Gasteiger partial charge in [0.05, 0.1) is 13.2 Å². The molecule has 0 aliphatic rings. The van der Waals surface area contributed by atoms with E-state index in [2.05, 4.69) is 4.74 Å². The fourth-order valence-corrected chi connectivity index (χ4v) is 0.965. The quantitative estimate of drug-likeness (QED) is 0.720. The third kappa shape index (κ3) is 4.47. The van der Waals surface area contributed by atoms with Crippen molar-refractivity contribution in [1.82, 2.24) is 0 Å². The first-order chi connectivity index (χ1) is 6.79. The Morgan fingerprint density at radius 3 is 2.57 bits per heavy atom. The van der Waals surface area contributed by atoms with Gasteiger partial charge < -0.3 is 15.2 Å². The van der Waals surface area contributed by atoms with Crippen LogP contribution in [0, 0.1) is 0 Å². The highest BCUT2D eigenvalue weighted by molar-refractivity contribution is 5.64. The Labute approximate surface area is 82.6 Å². The standard InChI is InChI=1S/C10H13NO3/c11-10(12)14-7-6-13-8-9-4-2-1-3-5-9/h1-5H,6-8H2,(H2,11,12). The molecule has 0 aliphatic heterocycles. The topological polar surface area (TPSA) is 61.6 Å². The van der Waals surface area contributed by atoms with Gasteiger partial charge in [-0.05, 0) is 5.56 Å². The molecule has 14 heavy (non-hydrogen) atoms. The SMILES string of the molecule is NC(=O)OCCOCc1ccccc1. The van der Waals surface area contributed by atoms with E-state index >= 15 is 0 Å². The van der Waals surface area contributed by atoms with Crippen LogP contribution < -0.4 is 5.73 Å². The third-order valence-electron chi connectivity index (χ3n) is 1.58. The van der Waals surface area contributed by atoms with Crippen LogP contribution in [0.5, 0.6) is 0 Å². The van der Waals surface area contributed by atoms with Crippen LogP contribution in [0.3, 0.4) is 0 Å². The molecule has 1 aromatic carbocycles. The zero-order valence-corrected chi connectivity index (χ0v) is 7.81. The van der Waals surface area contributed by atoms with Crippen LogP contribution in [-0.2, 0) is 16.1 Å². The van der Waals surface area contributed by atoms with Gasteiger partial charge in [-0.1, -0.05) is 30.3 Å². The minimum atomic E-state index is -0.770. The molecule has 0 radical (unpaired) electrons. The van der Waals surface area contributed by atoms with E-state index < -0.39 is 6.09 Å². The summed E-state index contributed by atoms with van der Waals surface area (Å²) < 4.78 is 9.73. The summed E-state index contributed by atoms with van der Waals surface area (Å²) in [6, 6.07) is 9.76. The zero-order chi connectivity index (χ0) is 10.2. The molecular weight excluding hydrogens is 182 g/mol.